The van der Waals surface area contributed by atoms with E-state index in [-0.39, 0.29) is 17.4 Å². The van der Waals surface area contributed by atoms with E-state index >= 15 is 0 Å². The van der Waals surface area contributed by atoms with E-state index in [1.165, 1.54) is 12.1 Å². The molecule has 0 fully saturated rings. The van der Waals surface area contributed by atoms with E-state index in [0.717, 1.165) is 5.56 Å². The molecular weight excluding hydrogens is 191 g/mol. The average molecular weight is 210 g/mol. The molecule has 0 heterocycles. The standard InChI is InChI=1S/C12H19FN2/c1-12(2,14)11(15(3)4)9-5-7-10(13)8-6-9/h5-8,11H,14H2,1-4H3. The van der Waals surface area contributed by atoms with Gasteiger partial charge in [-0.1, -0.05) is 12.1 Å². The summed E-state index contributed by atoms with van der Waals surface area (Å²) in [5.41, 5.74) is 6.79. The number of likely N-dealkylation sites (N-methyl/N-ethyl adjacent to an activating group) is 1. The van der Waals surface area contributed by atoms with Crippen LogP contribution in [0.4, 0.5) is 4.39 Å². The second kappa shape index (κ2) is 4.29. The minimum absolute atomic E-state index is 0.0816. The molecule has 0 spiro atoms. The molecule has 2 N–H and O–H groups in total. The molecule has 84 valence electrons. The van der Waals surface area contributed by atoms with E-state index in [9.17, 15) is 4.39 Å². The van der Waals surface area contributed by atoms with E-state index in [4.69, 9.17) is 5.73 Å². The molecule has 15 heavy (non-hydrogen) atoms. The summed E-state index contributed by atoms with van der Waals surface area (Å²) in [7, 11) is 3.95. The predicted octanol–water partition coefficient (Wildman–Crippen LogP) is 2.17. The first-order valence-electron chi connectivity index (χ1n) is 5.03. The minimum Gasteiger partial charge on any atom is -0.324 e. The predicted molar refractivity (Wildman–Crippen MR) is 61.1 cm³/mol. The molecule has 1 unspecified atom stereocenters. The van der Waals surface area contributed by atoms with Gasteiger partial charge in [0.15, 0.2) is 0 Å². The first-order valence-corrected chi connectivity index (χ1v) is 5.03. The number of hydrogen-bond donors (Lipinski definition) is 1. The SMILES string of the molecule is CN(C)C(c1ccc(F)cc1)C(C)(C)N. The highest BCUT2D eigenvalue weighted by Gasteiger charge is 2.28. The highest BCUT2D eigenvalue weighted by atomic mass is 19.1. The number of hydrogen-bond acceptors (Lipinski definition) is 2. The van der Waals surface area contributed by atoms with Crippen LogP contribution in [-0.2, 0) is 0 Å². The molecular formula is C12H19FN2. The summed E-state index contributed by atoms with van der Waals surface area (Å²) < 4.78 is 12.8. The first kappa shape index (κ1) is 12.1. The van der Waals surface area contributed by atoms with E-state index in [1.54, 1.807) is 12.1 Å². The number of benzene rings is 1. The van der Waals surface area contributed by atoms with Gasteiger partial charge in [0.05, 0.1) is 6.04 Å². The van der Waals surface area contributed by atoms with Crippen LogP contribution in [0, 0.1) is 5.82 Å². The summed E-state index contributed by atoms with van der Waals surface area (Å²) in [6, 6.07) is 6.59. The van der Waals surface area contributed by atoms with Gasteiger partial charge >= 0.3 is 0 Å². The van der Waals surface area contributed by atoms with Crippen molar-refractivity contribution in [2.45, 2.75) is 25.4 Å². The van der Waals surface area contributed by atoms with Gasteiger partial charge in [-0.15, -0.1) is 0 Å². The molecule has 0 aliphatic heterocycles. The van der Waals surface area contributed by atoms with Crippen molar-refractivity contribution in [1.82, 2.24) is 4.90 Å². The number of halogens is 1. The fraction of sp³-hybridized carbons (Fsp3) is 0.500. The fourth-order valence-electron chi connectivity index (χ4n) is 2.04. The van der Waals surface area contributed by atoms with Crippen molar-refractivity contribution in [2.75, 3.05) is 14.1 Å². The fourth-order valence-corrected chi connectivity index (χ4v) is 2.04. The molecule has 0 saturated carbocycles. The largest absolute Gasteiger partial charge is 0.324 e. The molecule has 3 heteroatoms. The van der Waals surface area contributed by atoms with Gasteiger partial charge in [-0.25, -0.2) is 4.39 Å². The van der Waals surface area contributed by atoms with E-state index in [1.807, 2.05) is 32.8 Å². The number of rotatable bonds is 3. The Hall–Kier alpha value is -0.930. The Labute approximate surface area is 90.9 Å². The van der Waals surface area contributed by atoms with Crippen LogP contribution < -0.4 is 5.73 Å². The topological polar surface area (TPSA) is 29.3 Å². The smallest absolute Gasteiger partial charge is 0.123 e. The van der Waals surface area contributed by atoms with Gasteiger partial charge in [-0.05, 0) is 45.6 Å². The number of nitrogens with two attached hydrogens (primary N) is 1. The molecule has 1 atom stereocenters. The van der Waals surface area contributed by atoms with Crippen LogP contribution >= 0.6 is 0 Å². The van der Waals surface area contributed by atoms with Gasteiger partial charge < -0.3 is 10.6 Å². The Morgan fingerprint density at radius 1 is 1.20 bits per heavy atom. The normalized spacial score (nSPS) is 14.3. The second-order valence-corrected chi connectivity index (χ2v) is 4.74. The zero-order valence-electron chi connectivity index (χ0n) is 9.79. The van der Waals surface area contributed by atoms with Crippen LogP contribution in [0.25, 0.3) is 0 Å². The third kappa shape index (κ3) is 3.01. The van der Waals surface area contributed by atoms with Crippen molar-refractivity contribution in [2.24, 2.45) is 5.73 Å². The lowest BCUT2D eigenvalue weighted by atomic mass is 9.89. The van der Waals surface area contributed by atoms with Crippen LogP contribution in [0.2, 0.25) is 0 Å². The van der Waals surface area contributed by atoms with E-state index in [2.05, 4.69) is 0 Å². The van der Waals surface area contributed by atoms with Crippen molar-refractivity contribution in [3.8, 4) is 0 Å². The zero-order chi connectivity index (χ0) is 11.6. The van der Waals surface area contributed by atoms with Gasteiger partial charge in [0.1, 0.15) is 5.82 Å². The third-order valence-electron chi connectivity index (χ3n) is 2.41. The Balaban J connectivity index is 3.05. The van der Waals surface area contributed by atoms with Gasteiger partial charge in [-0.3, -0.25) is 0 Å². The molecule has 1 aromatic carbocycles. The van der Waals surface area contributed by atoms with E-state index < -0.39 is 0 Å². The summed E-state index contributed by atoms with van der Waals surface area (Å²) >= 11 is 0. The minimum atomic E-state index is -0.360. The molecule has 0 radical (unpaired) electrons. The van der Waals surface area contributed by atoms with Gasteiger partial charge in [0.25, 0.3) is 0 Å². The Kier molecular flexibility index (Phi) is 3.47. The van der Waals surface area contributed by atoms with Crippen molar-refractivity contribution >= 4 is 0 Å². The lowest BCUT2D eigenvalue weighted by Crippen LogP contribution is -2.45. The van der Waals surface area contributed by atoms with Crippen molar-refractivity contribution < 1.29 is 4.39 Å². The maximum atomic E-state index is 12.8. The third-order valence-corrected chi connectivity index (χ3v) is 2.41. The summed E-state index contributed by atoms with van der Waals surface area (Å²) in [6.45, 7) is 3.95. The second-order valence-electron chi connectivity index (χ2n) is 4.74. The highest BCUT2D eigenvalue weighted by Crippen LogP contribution is 2.27. The molecule has 0 amide bonds. The maximum absolute atomic E-state index is 12.8. The first-order chi connectivity index (χ1) is 6.82. The van der Waals surface area contributed by atoms with Crippen molar-refractivity contribution in [3.63, 3.8) is 0 Å². The molecule has 0 bridgehead atoms. The summed E-state index contributed by atoms with van der Waals surface area (Å²) in [5, 5.41) is 0. The summed E-state index contributed by atoms with van der Waals surface area (Å²) in [6.07, 6.45) is 0. The molecule has 0 aromatic heterocycles. The van der Waals surface area contributed by atoms with E-state index in [0.29, 0.717) is 0 Å². The molecule has 2 nitrogen and oxygen atoms in total. The molecule has 1 rings (SSSR count). The number of nitrogens with zero attached hydrogens (tertiary/aromatic N) is 1. The van der Waals surface area contributed by atoms with Crippen molar-refractivity contribution in [1.29, 1.82) is 0 Å². The Morgan fingerprint density at radius 3 is 2.00 bits per heavy atom. The van der Waals surface area contributed by atoms with Crippen LogP contribution in [0.5, 0.6) is 0 Å². The highest BCUT2D eigenvalue weighted by molar-refractivity contribution is 5.23. The van der Waals surface area contributed by atoms with Crippen LogP contribution in [-0.4, -0.2) is 24.5 Å². The van der Waals surface area contributed by atoms with Gasteiger partial charge in [0, 0.05) is 5.54 Å². The average Bonchev–Trinajstić information content (AvgIpc) is 2.05. The molecule has 0 saturated heterocycles. The molecule has 0 aliphatic carbocycles. The van der Waals surface area contributed by atoms with Crippen LogP contribution in [0.3, 0.4) is 0 Å². The quantitative estimate of drug-likeness (QED) is 0.828. The Morgan fingerprint density at radius 2 is 1.67 bits per heavy atom. The lowest BCUT2D eigenvalue weighted by molar-refractivity contribution is 0.204. The maximum Gasteiger partial charge on any atom is 0.123 e. The van der Waals surface area contributed by atoms with Crippen LogP contribution in [0.15, 0.2) is 24.3 Å². The molecule has 0 aliphatic rings. The summed E-state index contributed by atoms with van der Waals surface area (Å²) in [5.74, 6) is -0.217. The Bertz CT molecular complexity index is 311. The summed E-state index contributed by atoms with van der Waals surface area (Å²) in [4.78, 5) is 2.05. The van der Waals surface area contributed by atoms with Crippen LogP contribution in [0.1, 0.15) is 25.5 Å². The van der Waals surface area contributed by atoms with Gasteiger partial charge in [-0.2, -0.15) is 0 Å². The van der Waals surface area contributed by atoms with Crippen molar-refractivity contribution in [3.05, 3.63) is 35.6 Å². The van der Waals surface area contributed by atoms with Gasteiger partial charge in [0.2, 0.25) is 0 Å². The monoisotopic (exact) mass is 210 g/mol. The zero-order valence-corrected chi connectivity index (χ0v) is 9.79. The molecule has 1 aromatic rings. The lowest BCUT2D eigenvalue weighted by Gasteiger charge is -2.36.